The van der Waals surface area contributed by atoms with Crippen molar-refractivity contribution in [3.05, 3.63) is 82.6 Å². The highest BCUT2D eigenvalue weighted by atomic mass is 35.5. The summed E-state index contributed by atoms with van der Waals surface area (Å²) in [6.07, 6.45) is 0. The molecule has 1 aliphatic rings. The maximum atomic E-state index is 12.6. The molecule has 0 atom stereocenters. The third-order valence-electron chi connectivity index (χ3n) is 5.18. The third kappa shape index (κ3) is 3.81. The van der Waals surface area contributed by atoms with Crippen molar-refractivity contribution < 1.29 is 4.79 Å². The van der Waals surface area contributed by atoms with Crippen LogP contribution in [0.25, 0.3) is 5.69 Å². The second-order valence-electron chi connectivity index (χ2n) is 7.04. The molecule has 2 heterocycles. The van der Waals surface area contributed by atoms with E-state index in [1.165, 1.54) is 0 Å². The standard InChI is InChI=1S/C22H23ClN4O/c1-17-20(21(23)27(24-17)19-10-6-3-7-11-19)16-25-12-14-26(15-13-25)22(28)18-8-4-2-5-9-18/h2-11H,12-16H2,1H3. The Balaban J connectivity index is 1.42. The molecule has 5 nitrogen and oxygen atoms in total. The molecule has 2 aromatic carbocycles. The monoisotopic (exact) mass is 394 g/mol. The molecule has 6 heteroatoms. The Labute approximate surface area is 170 Å². The molecule has 4 rings (SSSR count). The zero-order chi connectivity index (χ0) is 19.5. The van der Waals surface area contributed by atoms with Gasteiger partial charge in [-0.05, 0) is 31.2 Å². The highest BCUT2D eigenvalue weighted by Gasteiger charge is 2.24. The van der Waals surface area contributed by atoms with Crippen LogP contribution in [0.2, 0.25) is 5.15 Å². The number of aromatic nitrogens is 2. The van der Waals surface area contributed by atoms with Gasteiger partial charge in [-0.2, -0.15) is 5.10 Å². The number of halogens is 1. The van der Waals surface area contributed by atoms with E-state index in [4.69, 9.17) is 11.6 Å². The third-order valence-corrected chi connectivity index (χ3v) is 5.57. The topological polar surface area (TPSA) is 41.4 Å². The van der Waals surface area contributed by atoms with Gasteiger partial charge in [0.2, 0.25) is 0 Å². The van der Waals surface area contributed by atoms with E-state index in [-0.39, 0.29) is 5.91 Å². The summed E-state index contributed by atoms with van der Waals surface area (Å²) in [5.41, 5.74) is 3.70. The number of rotatable bonds is 4. The summed E-state index contributed by atoms with van der Waals surface area (Å²) < 4.78 is 1.79. The highest BCUT2D eigenvalue weighted by molar-refractivity contribution is 6.30. The predicted molar refractivity (Wildman–Crippen MR) is 111 cm³/mol. The van der Waals surface area contributed by atoms with Gasteiger partial charge in [-0.25, -0.2) is 4.68 Å². The van der Waals surface area contributed by atoms with Crippen LogP contribution in [-0.2, 0) is 6.54 Å². The second-order valence-corrected chi connectivity index (χ2v) is 7.39. The van der Waals surface area contributed by atoms with Gasteiger partial charge in [-0.1, -0.05) is 48.0 Å². The minimum Gasteiger partial charge on any atom is -0.336 e. The largest absolute Gasteiger partial charge is 0.336 e. The maximum Gasteiger partial charge on any atom is 0.253 e. The molecule has 0 spiro atoms. The first-order valence-corrected chi connectivity index (χ1v) is 9.87. The Morgan fingerprint density at radius 3 is 2.21 bits per heavy atom. The number of para-hydroxylation sites is 1. The molecular formula is C22H23ClN4O. The van der Waals surface area contributed by atoms with Gasteiger partial charge in [0.1, 0.15) is 5.15 Å². The van der Waals surface area contributed by atoms with Crippen LogP contribution in [-0.4, -0.2) is 51.7 Å². The molecule has 1 amide bonds. The molecule has 0 unspecified atom stereocenters. The molecular weight excluding hydrogens is 372 g/mol. The molecule has 0 radical (unpaired) electrons. The number of hydrogen-bond acceptors (Lipinski definition) is 3. The first kappa shape index (κ1) is 18.7. The summed E-state index contributed by atoms with van der Waals surface area (Å²) in [5.74, 6) is 0.103. The van der Waals surface area contributed by atoms with Crippen molar-refractivity contribution in [2.45, 2.75) is 13.5 Å². The normalized spacial score (nSPS) is 15.0. The molecule has 1 aliphatic heterocycles. The molecule has 1 saturated heterocycles. The summed E-state index contributed by atoms with van der Waals surface area (Å²) in [6, 6.07) is 19.4. The number of hydrogen-bond donors (Lipinski definition) is 0. The van der Waals surface area contributed by atoms with Crippen molar-refractivity contribution in [2.24, 2.45) is 0 Å². The Hall–Kier alpha value is -2.63. The number of carbonyl (C=O) groups is 1. The van der Waals surface area contributed by atoms with Crippen LogP contribution >= 0.6 is 11.6 Å². The maximum absolute atomic E-state index is 12.6. The number of aryl methyl sites for hydroxylation is 1. The summed E-state index contributed by atoms with van der Waals surface area (Å²) in [7, 11) is 0. The molecule has 0 saturated carbocycles. The predicted octanol–water partition coefficient (Wildman–Crippen LogP) is 3.79. The minimum absolute atomic E-state index is 0.103. The lowest BCUT2D eigenvalue weighted by atomic mass is 10.1. The van der Waals surface area contributed by atoms with E-state index in [0.717, 1.165) is 55.2 Å². The van der Waals surface area contributed by atoms with Crippen molar-refractivity contribution >= 4 is 17.5 Å². The zero-order valence-corrected chi connectivity index (χ0v) is 16.6. The van der Waals surface area contributed by atoms with Crippen LogP contribution in [0.4, 0.5) is 0 Å². The van der Waals surface area contributed by atoms with Gasteiger partial charge in [-0.15, -0.1) is 0 Å². The first-order chi connectivity index (χ1) is 13.6. The van der Waals surface area contributed by atoms with Crippen LogP contribution in [0.5, 0.6) is 0 Å². The first-order valence-electron chi connectivity index (χ1n) is 9.49. The van der Waals surface area contributed by atoms with Crippen LogP contribution in [0.1, 0.15) is 21.6 Å². The average Bonchev–Trinajstić information content (AvgIpc) is 3.03. The number of carbonyl (C=O) groups excluding carboxylic acids is 1. The van der Waals surface area contributed by atoms with E-state index >= 15 is 0 Å². The molecule has 0 bridgehead atoms. The quantitative estimate of drug-likeness (QED) is 0.676. The SMILES string of the molecule is Cc1nn(-c2ccccc2)c(Cl)c1CN1CCN(C(=O)c2ccccc2)CC1. The zero-order valence-electron chi connectivity index (χ0n) is 15.9. The van der Waals surface area contributed by atoms with Gasteiger partial charge < -0.3 is 4.90 Å². The van der Waals surface area contributed by atoms with E-state index < -0.39 is 0 Å². The Morgan fingerprint density at radius 2 is 1.57 bits per heavy atom. The van der Waals surface area contributed by atoms with Crippen molar-refractivity contribution in [3.8, 4) is 5.69 Å². The van der Waals surface area contributed by atoms with E-state index in [1.54, 1.807) is 4.68 Å². The van der Waals surface area contributed by atoms with Gasteiger partial charge in [0.25, 0.3) is 5.91 Å². The van der Waals surface area contributed by atoms with E-state index in [1.807, 2.05) is 72.5 Å². The average molecular weight is 395 g/mol. The van der Waals surface area contributed by atoms with Crippen molar-refractivity contribution in [2.75, 3.05) is 26.2 Å². The lowest BCUT2D eigenvalue weighted by Gasteiger charge is -2.34. The summed E-state index contributed by atoms with van der Waals surface area (Å²) in [6.45, 7) is 5.82. The lowest BCUT2D eigenvalue weighted by Crippen LogP contribution is -2.48. The van der Waals surface area contributed by atoms with Gasteiger partial charge in [0.05, 0.1) is 11.4 Å². The van der Waals surface area contributed by atoms with Crippen LogP contribution in [0.15, 0.2) is 60.7 Å². The van der Waals surface area contributed by atoms with E-state index in [9.17, 15) is 4.79 Å². The van der Waals surface area contributed by atoms with E-state index in [2.05, 4.69) is 10.00 Å². The molecule has 28 heavy (non-hydrogen) atoms. The molecule has 144 valence electrons. The fourth-order valence-corrected chi connectivity index (χ4v) is 3.88. The van der Waals surface area contributed by atoms with Gasteiger partial charge >= 0.3 is 0 Å². The molecule has 0 N–H and O–H groups in total. The Kier molecular flexibility index (Phi) is 5.46. The number of nitrogens with zero attached hydrogens (tertiary/aromatic N) is 4. The van der Waals surface area contributed by atoms with Crippen molar-refractivity contribution in [1.29, 1.82) is 0 Å². The molecule has 1 fully saturated rings. The number of piperazine rings is 1. The van der Waals surface area contributed by atoms with Gasteiger partial charge in [0.15, 0.2) is 0 Å². The summed E-state index contributed by atoms with van der Waals surface area (Å²) in [4.78, 5) is 16.9. The lowest BCUT2D eigenvalue weighted by molar-refractivity contribution is 0.0628. The van der Waals surface area contributed by atoms with Crippen LogP contribution < -0.4 is 0 Å². The molecule has 1 aromatic heterocycles. The van der Waals surface area contributed by atoms with Crippen molar-refractivity contribution in [1.82, 2.24) is 19.6 Å². The van der Waals surface area contributed by atoms with Crippen LogP contribution in [0, 0.1) is 6.92 Å². The smallest absolute Gasteiger partial charge is 0.253 e. The Bertz CT molecular complexity index is 947. The highest BCUT2D eigenvalue weighted by Crippen LogP contribution is 2.25. The Morgan fingerprint density at radius 1 is 0.964 bits per heavy atom. The van der Waals surface area contributed by atoms with Crippen LogP contribution in [0.3, 0.4) is 0 Å². The second kappa shape index (κ2) is 8.17. The van der Waals surface area contributed by atoms with Gasteiger partial charge in [0, 0.05) is 43.9 Å². The fourth-order valence-electron chi connectivity index (χ4n) is 3.55. The fraction of sp³-hybridized carbons (Fsp3) is 0.273. The minimum atomic E-state index is 0.103. The van der Waals surface area contributed by atoms with Crippen molar-refractivity contribution in [3.63, 3.8) is 0 Å². The van der Waals surface area contributed by atoms with E-state index in [0.29, 0.717) is 5.15 Å². The number of amides is 1. The molecule has 0 aliphatic carbocycles. The number of benzene rings is 2. The summed E-state index contributed by atoms with van der Waals surface area (Å²) in [5, 5.41) is 5.28. The van der Waals surface area contributed by atoms with Gasteiger partial charge in [-0.3, -0.25) is 9.69 Å². The summed E-state index contributed by atoms with van der Waals surface area (Å²) >= 11 is 6.65. The molecule has 3 aromatic rings.